The predicted octanol–water partition coefficient (Wildman–Crippen LogP) is 7.79. The maximum absolute atomic E-state index is 4.07. The van der Waals surface area contributed by atoms with Gasteiger partial charge in [0.25, 0.3) is 0 Å². The lowest BCUT2D eigenvalue weighted by Gasteiger charge is -2.16. The van der Waals surface area contributed by atoms with E-state index in [-0.39, 0.29) is 0 Å². The van der Waals surface area contributed by atoms with Crippen LogP contribution < -0.4 is 0 Å². The second kappa shape index (κ2) is 12.5. The number of hydrogen-bond acceptors (Lipinski definition) is 0. The largest absolute Gasteiger partial charge is 0.103 e. The molecule has 1 atom stereocenters. The van der Waals surface area contributed by atoms with Gasteiger partial charge in [0, 0.05) is 0 Å². The van der Waals surface area contributed by atoms with Crippen LogP contribution in [0.15, 0.2) is 48.1 Å². The first-order valence-electron chi connectivity index (χ1n) is 9.05. The summed E-state index contributed by atoms with van der Waals surface area (Å²) < 4.78 is 0. The summed E-state index contributed by atoms with van der Waals surface area (Å²) in [6, 6.07) is 0. The number of hydrogen-bond donors (Lipinski definition) is 0. The van der Waals surface area contributed by atoms with E-state index >= 15 is 0 Å². The van der Waals surface area contributed by atoms with Crippen LogP contribution in [0.25, 0.3) is 0 Å². The Morgan fingerprint density at radius 3 is 1.82 bits per heavy atom. The summed E-state index contributed by atoms with van der Waals surface area (Å²) >= 11 is 0. The Kier molecular flexibility index (Phi) is 11.9. The van der Waals surface area contributed by atoms with Crippen LogP contribution in [0.1, 0.15) is 85.5 Å². The van der Waals surface area contributed by atoms with Crippen molar-refractivity contribution in [2.24, 2.45) is 5.92 Å². The van der Waals surface area contributed by atoms with Gasteiger partial charge in [-0.2, -0.15) is 0 Å². The minimum absolute atomic E-state index is 0.683. The summed E-state index contributed by atoms with van der Waals surface area (Å²) in [6.07, 6.45) is 13.0. The highest BCUT2D eigenvalue weighted by Gasteiger charge is 2.08. The van der Waals surface area contributed by atoms with Crippen molar-refractivity contribution in [2.75, 3.05) is 0 Å². The highest BCUT2D eigenvalue weighted by atomic mass is 14.1. The number of allylic oxidation sites excluding steroid dienone is 5. The molecule has 0 aromatic heterocycles. The molecule has 1 unspecified atom stereocenters. The van der Waals surface area contributed by atoms with Gasteiger partial charge in [0.15, 0.2) is 0 Å². The van der Waals surface area contributed by atoms with Crippen molar-refractivity contribution in [2.45, 2.75) is 85.5 Å². The Labute approximate surface area is 140 Å². The fourth-order valence-corrected chi connectivity index (χ4v) is 2.88. The van der Waals surface area contributed by atoms with Gasteiger partial charge in [-0.25, -0.2) is 0 Å². The fraction of sp³-hybridized carbons (Fsp3) is 0.636. The third-order valence-electron chi connectivity index (χ3n) is 4.55. The summed E-state index contributed by atoms with van der Waals surface area (Å²) in [5, 5.41) is 0. The highest BCUT2D eigenvalue weighted by Crippen LogP contribution is 2.27. The molecule has 0 rings (SSSR count). The van der Waals surface area contributed by atoms with Gasteiger partial charge in [0.05, 0.1) is 0 Å². The molecule has 0 bridgehead atoms. The van der Waals surface area contributed by atoms with E-state index in [2.05, 4.69) is 53.5 Å². The maximum atomic E-state index is 4.07. The average molecular weight is 303 g/mol. The first-order valence-corrected chi connectivity index (χ1v) is 9.05. The SMILES string of the molecule is C=CC(CC)CCCC(CCC(=C)C)=C(CC)CCC(=C)C. The lowest BCUT2D eigenvalue weighted by molar-refractivity contribution is 0.540. The van der Waals surface area contributed by atoms with Crippen molar-refractivity contribution >= 4 is 0 Å². The van der Waals surface area contributed by atoms with Crippen LogP contribution in [-0.4, -0.2) is 0 Å². The molecule has 0 heteroatoms. The Morgan fingerprint density at radius 2 is 1.41 bits per heavy atom. The monoisotopic (exact) mass is 302 g/mol. The third-order valence-corrected chi connectivity index (χ3v) is 4.55. The second-order valence-electron chi connectivity index (χ2n) is 6.77. The molecule has 0 heterocycles. The summed E-state index contributed by atoms with van der Waals surface area (Å²) in [6.45, 7) is 20.9. The Hall–Kier alpha value is -1.04. The van der Waals surface area contributed by atoms with Crippen LogP contribution in [0.5, 0.6) is 0 Å². The van der Waals surface area contributed by atoms with Crippen molar-refractivity contribution < 1.29 is 0 Å². The van der Waals surface area contributed by atoms with Gasteiger partial charge in [0.1, 0.15) is 0 Å². The molecule has 0 radical (unpaired) electrons. The van der Waals surface area contributed by atoms with Crippen LogP contribution in [0.4, 0.5) is 0 Å². The van der Waals surface area contributed by atoms with E-state index in [1.54, 1.807) is 11.1 Å². The van der Waals surface area contributed by atoms with E-state index in [4.69, 9.17) is 0 Å². The zero-order valence-corrected chi connectivity index (χ0v) is 15.6. The average Bonchev–Trinajstić information content (AvgIpc) is 2.48. The van der Waals surface area contributed by atoms with Crippen LogP contribution >= 0.6 is 0 Å². The van der Waals surface area contributed by atoms with Gasteiger partial charge in [-0.05, 0) is 77.6 Å². The normalized spacial score (nSPS) is 13.5. The van der Waals surface area contributed by atoms with Gasteiger partial charge >= 0.3 is 0 Å². The fourth-order valence-electron chi connectivity index (χ4n) is 2.88. The van der Waals surface area contributed by atoms with Crippen molar-refractivity contribution in [3.63, 3.8) is 0 Å². The van der Waals surface area contributed by atoms with Crippen molar-refractivity contribution in [3.8, 4) is 0 Å². The van der Waals surface area contributed by atoms with Crippen molar-refractivity contribution in [1.29, 1.82) is 0 Å². The van der Waals surface area contributed by atoms with E-state index in [1.807, 2.05) is 0 Å². The first kappa shape index (κ1) is 21.0. The van der Waals surface area contributed by atoms with Gasteiger partial charge in [-0.3, -0.25) is 0 Å². The summed E-state index contributed by atoms with van der Waals surface area (Å²) in [5.74, 6) is 0.683. The van der Waals surface area contributed by atoms with E-state index in [0.717, 1.165) is 12.8 Å². The van der Waals surface area contributed by atoms with Gasteiger partial charge in [-0.15, -0.1) is 19.7 Å². The van der Waals surface area contributed by atoms with E-state index < -0.39 is 0 Å². The lowest BCUT2D eigenvalue weighted by Crippen LogP contribution is -1.98. The first-order chi connectivity index (χ1) is 10.4. The Balaban J connectivity index is 4.78. The molecule has 0 fully saturated rings. The molecular formula is C22H38. The van der Waals surface area contributed by atoms with Crippen molar-refractivity contribution in [3.05, 3.63) is 48.1 Å². The van der Waals surface area contributed by atoms with E-state index in [1.165, 1.54) is 56.1 Å². The number of rotatable bonds is 13. The molecule has 22 heavy (non-hydrogen) atoms. The molecule has 0 spiro atoms. The summed E-state index contributed by atoms with van der Waals surface area (Å²) in [4.78, 5) is 0. The van der Waals surface area contributed by atoms with E-state index in [9.17, 15) is 0 Å². The molecule has 0 saturated heterocycles. The molecule has 0 aromatic carbocycles. The van der Waals surface area contributed by atoms with Crippen LogP contribution in [-0.2, 0) is 0 Å². The van der Waals surface area contributed by atoms with Gasteiger partial charge in [0.2, 0.25) is 0 Å². The summed E-state index contributed by atoms with van der Waals surface area (Å²) in [7, 11) is 0. The standard InChI is InChI=1S/C22H38/c1-8-20(9-2)12-11-13-22(17-15-19(6)7)21(10-3)16-14-18(4)5/h8,20H,1,4,6,9-17H2,2-3,5,7H3. The molecule has 126 valence electrons. The molecule has 0 amide bonds. The minimum Gasteiger partial charge on any atom is -0.103 e. The zero-order valence-electron chi connectivity index (χ0n) is 15.6. The molecule has 0 aromatic rings. The molecule has 0 N–H and O–H groups in total. The Bertz CT molecular complexity index is 381. The minimum atomic E-state index is 0.683. The van der Waals surface area contributed by atoms with E-state index in [0.29, 0.717) is 5.92 Å². The van der Waals surface area contributed by atoms with Crippen LogP contribution in [0.3, 0.4) is 0 Å². The molecule has 0 saturated carbocycles. The lowest BCUT2D eigenvalue weighted by atomic mass is 9.90. The van der Waals surface area contributed by atoms with Crippen molar-refractivity contribution in [1.82, 2.24) is 0 Å². The summed E-state index contributed by atoms with van der Waals surface area (Å²) in [5.41, 5.74) is 5.94. The highest BCUT2D eigenvalue weighted by molar-refractivity contribution is 5.17. The second-order valence-corrected chi connectivity index (χ2v) is 6.77. The molecular weight excluding hydrogens is 264 g/mol. The van der Waals surface area contributed by atoms with Crippen LogP contribution in [0.2, 0.25) is 0 Å². The molecule has 0 aliphatic rings. The molecule has 0 aliphatic heterocycles. The predicted molar refractivity (Wildman–Crippen MR) is 103 cm³/mol. The third kappa shape index (κ3) is 9.82. The smallest absolute Gasteiger partial charge is 0.0239 e. The quantitative estimate of drug-likeness (QED) is 0.304. The van der Waals surface area contributed by atoms with Gasteiger partial charge in [-0.1, -0.05) is 42.2 Å². The van der Waals surface area contributed by atoms with Crippen LogP contribution in [0, 0.1) is 5.92 Å². The molecule has 0 aliphatic carbocycles. The zero-order chi connectivity index (χ0) is 17.0. The topological polar surface area (TPSA) is 0 Å². The van der Waals surface area contributed by atoms with Gasteiger partial charge < -0.3 is 0 Å². The molecule has 0 nitrogen and oxygen atoms in total. The Morgan fingerprint density at radius 1 is 0.864 bits per heavy atom. The maximum Gasteiger partial charge on any atom is -0.0239 e.